The number of carbonyl (C=O) groups is 1. The number of nitrogens with one attached hydrogen (secondary N) is 1. The zero-order valence-corrected chi connectivity index (χ0v) is 11.4. The minimum Gasteiger partial charge on any atom is -0.391 e. The lowest BCUT2D eigenvalue weighted by atomic mass is 10.0. The van der Waals surface area contributed by atoms with Crippen molar-refractivity contribution in [2.45, 2.75) is 71.4 Å². The summed E-state index contributed by atoms with van der Waals surface area (Å²) in [5.41, 5.74) is 0. The van der Waals surface area contributed by atoms with Crippen LogP contribution in [0.4, 0.5) is 0 Å². The molecule has 3 nitrogen and oxygen atoms in total. The summed E-state index contributed by atoms with van der Waals surface area (Å²) in [4.78, 5) is 10.8. The van der Waals surface area contributed by atoms with Crippen LogP contribution in [0.15, 0.2) is 12.2 Å². The third kappa shape index (κ3) is 10.1. The van der Waals surface area contributed by atoms with Gasteiger partial charge in [0.2, 0.25) is 5.91 Å². The number of hydrogen-bond acceptors (Lipinski definition) is 2. The number of rotatable bonds is 9. The van der Waals surface area contributed by atoms with Crippen molar-refractivity contribution in [1.82, 2.24) is 5.32 Å². The molecule has 0 saturated heterocycles. The van der Waals surface area contributed by atoms with E-state index in [-0.39, 0.29) is 11.9 Å². The second-order valence-electron chi connectivity index (χ2n) is 4.60. The Morgan fingerprint density at radius 2 is 1.94 bits per heavy atom. The normalized spacial score (nSPS) is 14.8. The fourth-order valence-electron chi connectivity index (χ4n) is 1.68. The SMILES string of the molecule is CCCC=CCCCCC(O)C(C)NC(C)=O. The lowest BCUT2D eigenvalue weighted by molar-refractivity contribution is -0.120. The van der Waals surface area contributed by atoms with Crippen LogP contribution >= 0.6 is 0 Å². The van der Waals surface area contributed by atoms with Gasteiger partial charge in [0.05, 0.1) is 12.1 Å². The molecule has 3 heteroatoms. The molecule has 100 valence electrons. The van der Waals surface area contributed by atoms with Crippen LogP contribution in [0.25, 0.3) is 0 Å². The molecule has 1 amide bonds. The van der Waals surface area contributed by atoms with E-state index in [4.69, 9.17) is 0 Å². The Kier molecular flexibility index (Phi) is 9.83. The summed E-state index contributed by atoms with van der Waals surface area (Å²) < 4.78 is 0. The summed E-state index contributed by atoms with van der Waals surface area (Å²) in [6.07, 6.45) is 10.3. The molecule has 17 heavy (non-hydrogen) atoms. The molecule has 0 aromatic carbocycles. The molecule has 0 aliphatic heterocycles. The van der Waals surface area contributed by atoms with Gasteiger partial charge in [-0.2, -0.15) is 0 Å². The highest BCUT2D eigenvalue weighted by Gasteiger charge is 2.13. The van der Waals surface area contributed by atoms with Gasteiger partial charge in [-0.3, -0.25) is 4.79 Å². The van der Waals surface area contributed by atoms with E-state index in [0.29, 0.717) is 0 Å². The van der Waals surface area contributed by atoms with Crippen LogP contribution < -0.4 is 5.32 Å². The number of amides is 1. The number of carbonyl (C=O) groups excluding carboxylic acids is 1. The van der Waals surface area contributed by atoms with Gasteiger partial charge in [0.25, 0.3) is 0 Å². The number of allylic oxidation sites excluding steroid dienone is 2. The maximum absolute atomic E-state index is 10.8. The lowest BCUT2D eigenvalue weighted by Crippen LogP contribution is -2.39. The second kappa shape index (κ2) is 10.3. The van der Waals surface area contributed by atoms with Gasteiger partial charge in [-0.15, -0.1) is 0 Å². The third-order valence-corrected chi connectivity index (χ3v) is 2.75. The van der Waals surface area contributed by atoms with Crippen LogP contribution in [0.1, 0.15) is 59.3 Å². The van der Waals surface area contributed by atoms with Crippen LogP contribution in [0, 0.1) is 0 Å². The van der Waals surface area contributed by atoms with Crippen molar-refractivity contribution in [3.8, 4) is 0 Å². The largest absolute Gasteiger partial charge is 0.391 e. The van der Waals surface area contributed by atoms with Gasteiger partial charge in [0.15, 0.2) is 0 Å². The van der Waals surface area contributed by atoms with Crippen molar-refractivity contribution in [3.63, 3.8) is 0 Å². The summed E-state index contributed by atoms with van der Waals surface area (Å²) in [7, 11) is 0. The Morgan fingerprint density at radius 1 is 1.29 bits per heavy atom. The molecule has 2 N–H and O–H groups in total. The second-order valence-corrected chi connectivity index (χ2v) is 4.60. The van der Waals surface area contributed by atoms with Crippen molar-refractivity contribution in [2.24, 2.45) is 0 Å². The molecule has 0 heterocycles. The molecule has 0 radical (unpaired) electrons. The van der Waals surface area contributed by atoms with Gasteiger partial charge in [-0.25, -0.2) is 0 Å². The highest BCUT2D eigenvalue weighted by Crippen LogP contribution is 2.07. The van der Waals surface area contributed by atoms with E-state index in [1.165, 1.54) is 13.3 Å². The topological polar surface area (TPSA) is 49.3 Å². The van der Waals surface area contributed by atoms with E-state index in [2.05, 4.69) is 24.4 Å². The first kappa shape index (κ1) is 16.2. The first-order valence-corrected chi connectivity index (χ1v) is 6.68. The molecule has 0 aromatic heterocycles. The summed E-state index contributed by atoms with van der Waals surface area (Å²) >= 11 is 0. The standard InChI is InChI=1S/C14H27NO2/c1-4-5-6-7-8-9-10-11-14(17)12(2)15-13(3)16/h6-7,12,14,17H,4-5,8-11H2,1-3H3,(H,15,16). The van der Waals surface area contributed by atoms with Crippen molar-refractivity contribution < 1.29 is 9.90 Å². The first-order chi connectivity index (χ1) is 8.07. The van der Waals surface area contributed by atoms with Gasteiger partial charge in [-0.1, -0.05) is 31.9 Å². The molecule has 0 spiro atoms. The quantitative estimate of drug-likeness (QED) is 0.482. The summed E-state index contributed by atoms with van der Waals surface area (Å²) in [6.45, 7) is 5.49. The number of unbranched alkanes of at least 4 members (excludes halogenated alkanes) is 3. The van der Waals surface area contributed by atoms with Crippen LogP contribution in [-0.4, -0.2) is 23.2 Å². The smallest absolute Gasteiger partial charge is 0.217 e. The highest BCUT2D eigenvalue weighted by molar-refractivity contribution is 5.73. The lowest BCUT2D eigenvalue weighted by Gasteiger charge is -2.19. The maximum Gasteiger partial charge on any atom is 0.217 e. The Bertz CT molecular complexity index is 226. The van der Waals surface area contributed by atoms with Crippen LogP contribution in [0.2, 0.25) is 0 Å². The molecule has 0 aliphatic carbocycles. The molecule has 0 fully saturated rings. The minimum atomic E-state index is -0.432. The number of hydrogen-bond donors (Lipinski definition) is 2. The Morgan fingerprint density at radius 3 is 2.53 bits per heavy atom. The molecule has 0 saturated carbocycles. The third-order valence-electron chi connectivity index (χ3n) is 2.75. The molecule has 0 bridgehead atoms. The molecule has 0 rings (SSSR count). The Labute approximate surface area is 105 Å². The van der Waals surface area contributed by atoms with Crippen LogP contribution in [-0.2, 0) is 4.79 Å². The predicted molar refractivity (Wildman–Crippen MR) is 71.8 cm³/mol. The molecule has 2 unspecified atom stereocenters. The van der Waals surface area contributed by atoms with E-state index in [1.807, 2.05) is 6.92 Å². The summed E-state index contributed by atoms with van der Waals surface area (Å²) in [6, 6.07) is -0.150. The molecule has 2 atom stereocenters. The minimum absolute atomic E-state index is 0.0842. The average molecular weight is 241 g/mol. The first-order valence-electron chi connectivity index (χ1n) is 6.68. The van der Waals surface area contributed by atoms with E-state index >= 15 is 0 Å². The maximum atomic E-state index is 10.8. The van der Waals surface area contributed by atoms with Gasteiger partial charge < -0.3 is 10.4 Å². The zero-order chi connectivity index (χ0) is 13.1. The van der Waals surface area contributed by atoms with E-state index in [9.17, 15) is 9.90 Å². The van der Waals surface area contributed by atoms with Gasteiger partial charge in [0, 0.05) is 6.92 Å². The zero-order valence-electron chi connectivity index (χ0n) is 11.4. The van der Waals surface area contributed by atoms with E-state index < -0.39 is 6.10 Å². The van der Waals surface area contributed by atoms with Crippen molar-refractivity contribution >= 4 is 5.91 Å². The molecular formula is C14H27NO2. The number of aliphatic hydroxyl groups excluding tert-OH is 1. The van der Waals surface area contributed by atoms with Crippen molar-refractivity contribution in [3.05, 3.63) is 12.2 Å². The van der Waals surface area contributed by atoms with E-state index in [1.54, 1.807) is 0 Å². The molecule has 0 aromatic rings. The van der Waals surface area contributed by atoms with Crippen molar-refractivity contribution in [1.29, 1.82) is 0 Å². The Balaban J connectivity index is 3.50. The molecule has 0 aliphatic rings. The summed E-state index contributed by atoms with van der Waals surface area (Å²) in [5, 5.41) is 12.5. The fourth-order valence-corrected chi connectivity index (χ4v) is 1.68. The van der Waals surface area contributed by atoms with Crippen molar-refractivity contribution in [2.75, 3.05) is 0 Å². The highest BCUT2D eigenvalue weighted by atomic mass is 16.3. The Hall–Kier alpha value is -0.830. The average Bonchev–Trinajstić information content (AvgIpc) is 2.26. The predicted octanol–water partition coefficient (Wildman–Crippen LogP) is 2.79. The fraction of sp³-hybridized carbons (Fsp3) is 0.786. The van der Waals surface area contributed by atoms with E-state index in [0.717, 1.165) is 32.1 Å². The monoisotopic (exact) mass is 241 g/mol. The molecular weight excluding hydrogens is 214 g/mol. The van der Waals surface area contributed by atoms with Gasteiger partial charge in [0.1, 0.15) is 0 Å². The van der Waals surface area contributed by atoms with Crippen LogP contribution in [0.3, 0.4) is 0 Å². The van der Waals surface area contributed by atoms with Gasteiger partial charge in [-0.05, 0) is 32.6 Å². The number of aliphatic hydroxyl groups is 1. The van der Waals surface area contributed by atoms with Crippen LogP contribution in [0.5, 0.6) is 0 Å². The summed E-state index contributed by atoms with van der Waals surface area (Å²) in [5.74, 6) is -0.0842. The van der Waals surface area contributed by atoms with Gasteiger partial charge >= 0.3 is 0 Å².